The highest BCUT2D eigenvalue weighted by molar-refractivity contribution is 5.93. The quantitative estimate of drug-likeness (QED) is 0.741. The Morgan fingerprint density at radius 2 is 2.00 bits per heavy atom. The van der Waals surface area contributed by atoms with Crippen molar-refractivity contribution in [1.29, 1.82) is 0 Å². The zero-order valence-corrected chi connectivity index (χ0v) is 15.3. The molecule has 0 bridgehead atoms. The van der Waals surface area contributed by atoms with Gasteiger partial charge in [0.15, 0.2) is 0 Å². The van der Waals surface area contributed by atoms with E-state index in [0.717, 1.165) is 28.9 Å². The Kier molecular flexibility index (Phi) is 3.78. The molecule has 0 aliphatic heterocycles. The number of hydrogen-bond acceptors (Lipinski definition) is 2. The van der Waals surface area contributed by atoms with Crippen molar-refractivity contribution >= 4 is 16.5 Å². The SMILES string of the molecule is Cn1cc(C2=C(Oc3ccccc3)C=CC3CCCC23)c2cc[nH]c2c1=O. The lowest BCUT2D eigenvalue weighted by Crippen LogP contribution is -2.21. The molecule has 5 rings (SSSR count). The van der Waals surface area contributed by atoms with Crippen LogP contribution in [0.2, 0.25) is 0 Å². The van der Waals surface area contributed by atoms with Crippen LogP contribution in [0.3, 0.4) is 0 Å². The first-order valence-corrected chi connectivity index (χ1v) is 9.55. The van der Waals surface area contributed by atoms with E-state index in [-0.39, 0.29) is 5.56 Å². The Hall–Kier alpha value is -3.01. The van der Waals surface area contributed by atoms with Gasteiger partial charge in [-0.2, -0.15) is 0 Å². The van der Waals surface area contributed by atoms with Crippen LogP contribution in [0.4, 0.5) is 0 Å². The first kappa shape index (κ1) is 16.2. The summed E-state index contributed by atoms with van der Waals surface area (Å²) in [5, 5.41) is 0.975. The summed E-state index contributed by atoms with van der Waals surface area (Å²) in [6.07, 6.45) is 11.8. The Balaban J connectivity index is 1.74. The molecule has 0 saturated heterocycles. The highest BCUT2D eigenvalue weighted by atomic mass is 16.5. The largest absolute Gasteiger partial charge is 0.457 e. The summed E-state index contributed by atoms with van der Waals surface area (Å²) in [6, 6.07) is 11.9. The number of H-pyrrole nitrogens is 1. The van der Waals surface area contributed by atoms with Crippen LogP contribution in [0.5, 0.6) is 5.75 Å². The van der Waals surface area contributed by atoms with E-state index in [1.807, 2.05) is 55.8 Å². The predicted octanol–water partition coefficient (Wildman–Crippen LogP) is 4.64. The number of nitrogens with one attached hydrogen (secondary N) is 1. The molecule has 2 heterocycles. The molecule has 0 spiro atoms. The third-order valence-electron chi connectivity index (χ3n) is 5.86. The maximum Gasteiger partial charge on any atom is 0.274 e. The van der Waals surface area contributed by atoms with E-state index >= 15 is 0 Å². The van der Waals surface area contributed by atoms with Gasteiger partial charge in [0.05, 0.1) is 0 Å². The zero-order valence-electron chi connectivity index (χ0n) is 15.3. The van der Waals surface area contributed by atoms with Crippen molar-refractivity contribution in [3.63, 3.8) is 0 Å². The number of aryl methyl sites for hydroxylation is 1. The number of hydrogen-bond donors (Lipinski definition) is 1. The summed E-state index contributed by atoms with van der Waals surface area (Å²) in [5.41, 5.74) is 2.98. The fourth-order valence-corrected chi connectivity index (χ4v) is 4.58. The highest BCUT2D eigenvalue weighted by Crippen LogP contribution is 2.47. The van der Waals surface area contributed by atoms with Crippen LogP contribution in [0.1, 0.15) is 24.8 Å². The molecular formula is C23H22N2O2. The van der Waals surface area contributed by atoms with Crippen molar-refractivity contribution < 1.29 is 4.74 Å². The molecule has 2 aromatic heterocycles. The van der Waals surface area contributed by atoms with E-state index in [2.05, 4.69) is 17.1 Å². The molecule has 4 heteroatoms. The predicted molar refractivity (Wildman–Crippen MR) is 108 cm³/mol. The van der Waals surface area contributed by atoms with E-state index in [1.54, 1.807) is 4.57 Å². The van der Waals surface area contributed by atoms with Crippen LogP contribution < -0.4 is 10.3 Å². The van der Waals surface area contributed by atoms with Gasteiger partial charge in [0.2, 0.25) is 0 Å². The summed E-state index contributed by atoms with van der Waals surface area (Å²) < 4.78 is 7.99. The standard InChI is InChI=1S/C23H22N2O2/c1-25-14-19(18-12-13-24-22(18)23(25)26)21-17-9-5-6-15(17)10-11-20(21)27-16-7-3-2-4-8-16/h2-4,7-8,10-15,17,24H,5-6,9H2,1H3. The number of aromatic amines is 1. The van der Waals surface area contributed by atoms with Gasteiger partial charge in [-0.05, 0) is 49.0 Å². The molecule has 27 heavy (non-hydrogen) atoms. The second-order valence-corrected chi connectivity index (χ2v) is 7.48. The molecule has 4 nitrogen and oxygen atoms in total. The van der Waals surface area contributed by atoms with Crippen molar-refractivity contribution in [3.8, 4) is 5.75 Å². The molecule has 2 atom stereocenters. The van der Waals surface area contributed by atoms with Gasteiger partial charge >= 0.3 is 0 Å². The van der Waals surface area contributed by atoms with Crippen LogP contribution >= 0.6 is 0 Å². The number of pyridine rings is 1. The molecule has 2 aliphatic rings. The van der Waals surface area contributed by atoms with E-state index in [9.17, 15) is 4.79 Å². The Morgan fingerprint density at radius 1 is 1.15 bits per heavy atom. The Morgan fingerprint density at radius 3 is 2.85 bits per heavy atom. The van der Waals surface area contributed by atoms with Gasteiger partial charge in [-0.3, -0.25) is 4.79 Å². The monoisotopic (exact) mass is 358 g/mol. The summed E-state index contributed by atoms with van der Waals surface area (Å²) in [5.74, 6) is 2.71. The van der Waals surface area contributed by atoms with Crippen LogP contribution in [-0.4, -0.2) is 9.55 Å². The third kappa shape index (κ3) is 2.64. The van der Waals surface area contributed by atoms with Gasteiger partial charge in [0.25, 0.3) is 5.56 Å². The molecule has 2 aliphatic carbocycles. The summed E-state index contributed by atoms with van der Waals surface area (Å²) in [7, 11) is 1.81. The lowest BCUT2D eigenvalue weighted by molar-refractivity contribution is 0.427. The number of rotatable bonds is 3. The molecule has 0 amide bonds. The zero-order chi connectivity index (χ0) is 18.4. The molecule has 2 unspecified atom stereocenters. The van der Waals surface area contributed by atoms with Gasteiger partial charge in [0, 0.05) is 36.0 Å². The van der Waals surface area contributed by atoms with Gasteiger partial charge in [-0.1, -0.05) is 30.7 Å². The lowest BCUT2D eigenvalue weighted by Gasteiger charge is -2.27. The Labute approximate surface area is 157 Å². The van der Waals surface area contributed by atoms with Gasteiger partial charge < -0.3 is 14.3 Å². The number of benzene rings is 1. The van der Waals surface area contributed by atoms with Crippen molar-refractivity contribution in [2.75, 3.05) is 0 Å². The summed E-state index contributed by atoms with van der Waals surface area (Å²) >= 11 is 0. The first-order valence-electron chi connectivity index (χ1n) is 9.55. The molecular weight excluding hydrogens is 336 g/mol. The van der Waals surface area contributed by atoms with Crippen LogP contribution in [0.25, 0.3) is 16.5 Å². The number of allylic oxidation sites excluding steroid dienone is 3. The number of para-hydroxylation sites is 1. The Bertz CT molecular complexity index is 1120. The number of fused-ring (bicyclic) bond motifs is 2. The highest BCUT2D eigenvalue weighted by Gasteiger charge is 2.35. The number of nitrogens with zero attached hydrogens (tertiary/aromatic N) is 1. The maximum atomic E-state index is 12.5. The topological polar surface area (TPSA) is 47.0 Å². The molecule has 136 valence electrons. The van der Waals surface area contributed by atoms with Gasteiger partial charge in [-0.15, -0.1) is 0 Å². The minimum absolute atomic E-state index is 0.000740. The van der Waals surface area contributed by atoms with Crippen molar-refractivity contribution in [2.24, 2.45) is 18.9 Å². The van der Waals surface area contributed by atoms with Crippen molar-refractivity contribution in [3.05, 3.63) is 82.6 Å². The van der Waals surface area contributed by atoms with Gasteiger partial charge in [-0.25, -0.2) is 0 Å². The molecule has 1 aromatic carbocycles. The maximum absolute atomic E-state index is 12.5. The van der Waals surface area contributed by atoms with E-state index in [0.29, 0.717) is 17.4 Å². The van der Waals surface area contributed by atoms with E-state index in [4.69, 9.17) is 4.74 Å². The molecule has 1 N–H and O–H groups in total. The van der Waals surface area contributed by atoms with E-state index in [1.165, 1.54) is 18.4 Å². The average Bonchev–Trinajstić information content (AvgIpc) is 3.35. The second-order valence-electron chi connectivity index (χ2n) is 7.48. The van der Waals surface area contributed by atoms with Crippen molar-refractivity contribution in [2.45, 2.75) is 19.3 Å². The fraction of sp³-hybridized carbons (Fsp3) is 0.261. The third-order valence-corrected chi connectivity index (χ3v) is 5.86. The minimum atomic E-state index is -0.000740. The van der Waals surface area contributed by atoms with Crippen LogP contribution in [0, 0.1) is 11.8 Å². The second kappa shape index (κ2) is 6.31. The van der Waals surface area contributed by atoms with Crippen LogP contribution in [0.15, 0.2) is 71.5 Å². The molecule has 3 aromatic rings. The molecule has 1 fully saturated rings. The number of aromatic nitrogens is 2. The number of ether oxygens (including phenoxy) is 1. The van der Waals surface area contributed by atoms with Crippen molar-refractivity contribution in [1.82, 2.24) is 9.55 Å². The average molecular weight is 358 g/mol. The molecule has 1 saturated carbocycles. The molecule has 0 radical (unpaired) electrons. The smallest absolute Gasteiger partial charge is 0.274 e. The lowest BCUT2D eigenvalue weighted by atomic mass is 9.80. The fourth-order valence-electron chi connectivity index (χ4n) is 4.58. The van der Waals surface area contributed by atoms with E-state index < -0.39 is 0 Å². The van der Waals surface area contributed by atoms with Crippen LogP contribution in [-0.2, 0) is 7.05 Å². The summed E-state index contributed by atoms with van der Waals surface area (Å²) in [6.45, 7) is 0. The van der Waals surface area contributed by atoms with Gasteiger partial charge in [0.1, 0.15) is 17.0 Å². The summed E-state index contributed by atoms with van der Waals surface area (Å²) in [4.78, 5) is 15.6. The minimum Gasteiger partial charge on any atom is -0.457 e. The normalized spacial score (nSPS) is 21.7. The first-order chi connectivity index (χ1) is 13.2.